The molecule has 0 saturated carbocycles. The Balaban J connectivity index is 1.48. The zero-order chi connectivity index (χ0) is 23.8. The van der Waals surface area contributed by atoms with Gasteiger partial charge >= 0.3 is 0 Å². The summed E-state index contributed by atoms with van der Waals surface area (Å²) in [4.78, 5) is 10.1. The van der Waals surface area contributed by atoms with E-state index in [0.717, 1.165) is 41.9 Å². The van der Waals surface area contributed by atoms with E-state index in [9.17, 15) is 10.2 Å². The number of nitrogens with zero attached hydrogens (tertiary/aromatic N) is 3. The van der Waals surface area contributed by atoms with Gasteiger partial charge in [0.1, 0.15) is 17.0 Å². The molecule has 1 aliphatic heterocycles. The van der Waals surface area contributed by atoms with Gasteiger partial charge in [-0.05, 0) is 54.7 Å². The Labute approximate surface area is 197 Å². The number of phenols is 1. The summed E-state index contributed by atoms with van der Waals surface area (Å²) in [7, 11) is 0. The van der Waals surface area contributed by atoms with Crippen LogP contribution in [-0.2, 0) is 6.42 Å². The smallest absolute Gasteiger partial charge is 0.159 e. The number of aromatic amines is 2. The summed E-state index contributed by atoms with van der Waals surface area (Å²) in [6.45, 7) is 5.76. The number of aromatic nitrogens is 4. The van der Waals surface area contributed by atoms with Crippen molar-refractivity contribution in [1.82, 2.24) is 25.1 Å². The van der Waals surface area contributed by atoms with Crippen molar-refractivity contribution in [3.8, 4) is 28.4 Å². The SMILES string of the molecule is CCc1cc(O)ccc1-c1ccc2c(-c3ncc(C4=CCCN(C(C)CO)C4)[nH]3)[nH]nc2c1F. The number of phenolic OH excluding ortho intramolecular Hbond substituents is 1. The average molecular weight is 462 g/mol. The van der Waals surface area contributed by atoms with E-state index < -0.39 is 5.82 Å². The molecule has 4 N–H and O–H groups in total. The second-order valence-electron chi connectivity index (χ2n) is 8.78. The molecule has 7 nitrogen and oxygen atoms in total. The maximum absolute atomic E-state index is 15.5. The van der Waals surface area contributed by atoms with Gasteiger partial charge in [-0.3, -0.25) is 10.00 Å². The lowest BCUT2D eigenvalue weighted by atomic mass is 9.96. The first-order valence-corrected chi connectivity index (χ1v) is 11.6. The number of aromatic hydroxyl groups is 1. The quantitative estimate of drug-likeness (QED) is 0.339. The fraction of sp³-hybridized carbons (Fsp3) is 0.308. The molecule has 0 spiro atoms. The Morgan fingerprint density at radius 2 is 2.03 bits per heavy atom. The molecule has 5 rings (SSSR count). The van der Waals surface area contributed by atoms with E-state index in [1.165, 1.54) is 0 Å². The van der Waals surface area contributed by atoms with E-state index in [-0.39, 0.29) is 23.9 Å². The standard InChI is InChI=1S/C26H28FN5O2/c1-3-16-11-18(34)6-7-19(16)20-8-9-21-24(23(20)27)30-31-25(21)26-28-12-22(29-26)17-5-4-10-32(13-17)15(2)14-33/h5-9,11-12,15,33-34H,3-4,10,13-14H2,1-2H3,(H,28,29)(H,30,31). The molecule has 34 heavy (non-hydrogen) atoms. The van der Waals surface area contributed by atoms with Gasteiger partial charge in [-0.15, -0.1) is 0 Å². The molecule has 1 aliphatic rings. The zero-order valence-corrected chi connectivity index (χ0v) is 19.3. The highest BCUT2D eigenvalue weighted by molar-refractivity contribution is 5.95. The summed E-state index contributed by atoms with van der Waals surface area (Å²) in [6.07, 6.45) is 5.56. The van der Waals surface area contributed by atoms with Crippen molar-refractivity contribution in [3.63, 3.8) is 0 Å². The first kappa shape index (κ1) is 22.3. The minimum Gasteiger partial charge on any atom is -0.508 e. The maximum Gasteiger partial charge on any atom is 0.159 e. The molecule has 2 aromatic carbocycles. The molecule has 0 amide bonds. The van der Waals surface area contributed by atoms with Crippen molar-refractivity contribution < 1.29 is 14.6 Å². The van der Waals surface area contributed by atoms with Crippen molar-refractivity contribution in [2.45, 2.75) is 32.7 Å². The number of aliphatic hydroxyl groups is 1. The van der Waals surface area contributed by atoms with Crippen LogP contribution in [0.4, 0.5) is 4.39 Å². The Hall–Kier alpha value is -3.49. The van der Waals surface area contributed by atoms with E-state index in [2.05, 4.69) is 31.1 Å². The monoisotopic (exact) mass is 461 g/mol. The zero-order valence-electron chi connectivity index (χ0n) is 19.3. The van der Waals surface area contributed by atoms with E-state index in [1.807, 2.05) is 19.9 Å². The van der Waals surface area contributed by atoms with Crippen LogP contribution in [0.2, 0.25) is 0 Å². The molecule has 0 fully saturated rings. The summed E-state index contributed by atoms with van der Waals surface area (Å²) in [5.74, 6) is 0.354. The Morgan fingerprint density at radius 1 is 1.21 bits per heavy atom. The summed E-state index contributed by atoms with van der Waals surface area (Å²) in [5, 5.41) is 27.2. The normalized spacial score (nSPS) is 15.6. The van der Waals surface area contributed by atoms with Crippen molar-refractivity contribution in [2.24, 2.45) is 0 Å². The van der Waals surface area contributed by atoms with Gasteiger partial charge in [0.05, 0.1) is 18.5 Å². The second-order valence-corrected chi connectivity index (χ2v) is 8.78. The van der Waals surface area contributed by atoms with Gasteiger partial charge in [0, 0.05) is 30.1 Å². The number of benzene rings is 2. The highest BCUT2D eigenvalue weighted by Gasteiger charge is 2.22. The van der Waals surface area contributed by atoms with Crippen LogP contribution in [0, 0.1) is 5.82 Å². The van der Waals surface area contributed by atoms with Crippen LogP contribution >= 0.6 is 0 Å². The predicted octanol–water partition coefficient (Wildman–Crippen LogP) is 4.50. The van der Waals surface area contributed by atoms with Crippen LogP contribution in [0.5, 0.6) is 5.75 Å². The van der Waals surface area contributed by atoms with Crippen LogP contribution in [0.25, 0.3) is 39.1 Å². The van der Waals surface area contributed by atoms with Crippen LogP contribution < -0.4 is 0 Å². The maximum atomic E-state index is 15.5. The Morgan fingerprint density at radius 3 is 2.82 bits per heavy atom. The largest absolute Gasteiger partial charge is 0.508 e. The summed E-state index contributed by atoms with van der Waals surface area (Å²) < 4.78 is 15.5. The van der Waals surface area contributed by atoms with E-state index in [0.29, 0.717) is 28.9 Å². The van der Waals surface area contributed by atoms with Gasteiger partial charge in [0.2, 0.25) is 0 Å². The summed E-state index contributed by atoms with van der Waals surface area (Å²) in [6, 6.07) is 8.68. The first-order chi connectivity index (χ1) is 16.5. The molecule has 176 valence electrons. The molecular formula is C26H28FN5O2. The van der Waals surface area contributed by atoms with Crippen LogP contribution in [0.3, 0.4) is 0 Å². The number of hydrogen-bond acceptors (Lipinski definition) is 5. The number of fused-ring (bicyclic) bond motifs is 1. The number of hydrogen-bond donors (Lipinski definition) is 4. The predicted molar refractivity (Wildman–Crippen MR) is 131 cm³/mol. The lowest BCUT2D eigenvalue weighted by Crippen LogP contribution is -2.39. The molecule has 2 aromatic heterocycles. The van der Waals surface area contributed by atoms with E-state index >= 15 is 4.39 Å². The summed E-state index contributed by atoms with van der Waals surface area (Å²) in [5.41, 5.74) is 4.98. The minimum absolute atomic E-state index is 0.0987. The topological polar surface area (TPSA) is 101 Å². The van der Waals surface area contributed by atoms with Gasteiger partial charge in [0.25, 0.3) is 0 Å². The molecule has 8 heteroatoms. The van der Waals surface area contributed by atoms with Crippen molar-refractivity contribution in [3.05, 3.63) is 59.7 Å². The molecule has 3 heterocycles. The number of aryl methyl sites for hydroxylation is 1. The van der Waals surface area contributed by atoms with Crippen LogP contribution in [0.15, 0.2) is 42.6 Å². The van der Waals surface area contributed by atoms with Gasteiger partial charge < -0.3 is 15.2 Å². The number of rotatable bonds is 6. The second kappa shape index (κ2) is 9.04. The highest BCUT2D eigenvalue weighted by Crippen LogP contribution is 2.35. The third-order valence-electron chi connectivity index (χ3n) is 6.65. The number of aliphatic hydroxyl groups excluding tert-OH is 1. The number of halogens is 1. The van der Waals surface area contributed by atoms with Gasteiger partial charge in [-0.2, -0.15) is 5.10 Å². The fourth-order valence-corrected chi connectivity index (χ4v) is 4.64. The third-order valence-corrected chi connectivity index (χ3v) is 6.65. The Kier molecular flexibility index (Phi) is 5.93. The lowest BCUT2D eigenvalue weighted by molar-refractivity contribution is 0.146. The van der Waals surface area contributed by atoms with Crippen LogP contribution in [0.1, 0.15) is 31.5 Å². The van der Waals surface area contributed by atoms with Crippen molar-refractivity contribution in [2.75, 3.05) is 19.7 Å². The number of H-pyrrole nitrogens is 2. The van der Waals surface area contributed by atoms with Gasteiger partial charge in [-0.25, -0.2) is 9.37 Å². The number of nitrogens with one attached hydrogen (secondary N) is 2. The van der Waals surface area contributed by atoms with Crippen LogP contribution in [-0.4, -0.2) is 61.0 Å². The summed E-state index contributed by atoms with van der Waals surface area (Å²) >= 11 is 0. The molecular weight excluding hydrogens is 433 g/mol. The first-order valence-electron chi connectivity index (χ1n) is 11.6. The van der Waals surface area contributed by atoms with Crippen molar-refractivity contribution >= 4 is 16.5 Å². The molecule has 1 unspecified atom stereocenters. The van der Waals surface area contributed by atoms with Gasteiger partial charge in [0.15, 0.2) is 11.6 Å². The van der Waals surface area contributed by atoms with E-state index in [4.69, 9.17) is 0 Å². The average Bonchev–Trinajstić information content (AvgIpc) is 3.52. The molecule has 0 bridgehead atoms. The highest BCUT2D eigenvalue weighted by atomic mass is 19.1. The number of imidazole rings is 1. The molecule has 1 atom stereocenters. The minimum atomic E-state index is -0.407. The molecule has 4 aromatic rings. The molecule has 0 aliphatic carbocycles. The molecule has 0 radical (unpaired) electrons. The molecule has 0 saturated heterocycles. The van der Waals surface area contributed by atoms with Gasteiger partial charge in [-0.1, -0.05) is 25.1 Å². The lowest BCUT2D eigenvalue weighted by Gasteiger charge is -2.31. The third kappa shape index (κ3) is 3.89. The van der Waals surface area contributed by atoms with E-state index in [1.54, 1.807) is 30.5 Å². The fourth-order valence-electron chi connectivity index (χ4n) is 4.64. The van der Waals surface area contributed by atoms with Crippen molar-refractivity contribution in [1.29, 1.82) is 0 Å². The Bertz CT molecular complexity index is 1370.